The normalized spacial score (nSPS) is 12.3. The van der Waals surface area contributed by atoms with Crippen LogP contribution in [0, 0.1) is 10.1 Å². The van der Waals surface area contributed by atoms with E-state index in [-0.39, 0.29) is 16.7 Å². The van der Waals surface area contributed by atoms with E-state index in [1.165, 1.54) is 6.07 Å². The van der Waals surface area contributed by atoms with E-state index in [4.69, 9.17) is 5.73 Å². The zero-order chi connectivity index (χ0) is 14.1. The Bertz CT molecular complexity index is 396. The van der Waals surface area contributed by atoms with Crippen LogP contribution in [0.2, 0.25) is 0 Å². The van der Waals surface area contributed by atoms with E-state index in [0.29, 0.717) is 6.54 Å². The van der Waals surface area contributed by atoms with Gasteiger partial charge in [0.25, 0.3) is 5.69 Å². The van der Waals surface area contributed by atoms with Gasteiger partial charge in [-0.2, -0.15) is 0 Å². The third kappa shape index (κ3) is 5.36. The van der Waals surface area contributed by atoms with Crippen molar-refractivity contribution >= 4 is 5.69 Å². The van der Waals surface area contributed by atoms with E-state index in [2.05, 4.69) is 12.2 Å². The molecule has 0 radical (unpaired) electrons. The summed E-state index contributed by atoms with van der Waals surface area (Å²) >= 11 is 0. The van der Waals surface area contributed by atoms with Crippen molar-refractivity contribution in [1.29, 1.82) is 0 Å². The maximum absolute atomic E-state index is 10.8. The Kier molecular flexibility index (Phi) is 7.07. The Balaban J connectivity index is 2.68. The second kappa shape index (κ2) is 8.61. The lowest BCUT2D eigenvalue weighted by atomic mass is 10.0. The number of nitrogens with zero attached hydrogens (tertiary/aromatic N) is 1. The summed E-state index contributed by atoms with van der Waals surface area (Å²) in [6.07, 6.45) is 4.05. The molecule has 0 fully saturated rings. The van der Waals surface area contributed by atoms with Crippen molar-refractivity contribution in [2.24, 2.45) is 5.73 Å². The fourth-order valence-corrected chi connectivity index (χ4v) is 2.08. The van der Waals surface area contributed by atoms with E-state index >= 15 is 0 Å². The lowest BCUT2D eigenvalue weighted by Gasteiger charge is -2.18. The van der Waals surface area contributed by atoms with Gasteiger partial charge >= 0.3 is 0 Å². The van der Waals surface area contributed by atoms with Crippen molar-refractivity contribution < 1.29 is 4.92 Å². The van der Waals surface area contributed by atoms with E-state index in [9.17, 15) is 10.1 Å². The van der Waals surface area contributed by atoms with Gasteiger partial charge in [-0.15, -0.1) is 0 Å². The molecule has 5 nitrogen and oxygen atoms in total. The predicted molar refractivity (Wildman–Crippen MR) is 77.0 cm³/mol. The summed E-state index contributed by atoms with van der Waals surface area (Å²) in [6, 6.07) is 7.07. The minimum Gasteiger partial charge on any atom is -0.330 e. The number of unbranched alkanes of at least 4 members (excludes halogenated alkanes) is 1. The molecule has 0 heterocycles. The van der Waals surface area contributed by atoms with Crippen molar-refractivity contribution in [3.63, 3.8) is 0 Å². The van der Waals surface area contributed by atoms with Crippen LogP contribution in [-0.2, 0) is 0 Å². The number of benzene rings is 1. The van der Waals surface area contributed by atoms with E-state index < -0.39 is 0 Å². The third-order valence-electron chi connectivity index (χ3n) is 3.08. The summed E-state index contributed by atoms with van der Waals surface area (Å²) in [4.78, 5) is 10.5. The Morgan fingerprint density at radius 1 is 1.42 bits per heavy atom. The number of nitro benzene ring substituents is 1. The molecular formula is C14H23N3O2. The molecule has 0 aromatic heterocycles. The van der Waals surface area contributed by atoms with Gasteiger partial charge in [0.2, 0.25) is 0 Å². The molecule has 3 N–H and O–H groups in total. The molecule has 0 aliphatic rings. The van der Waals surface area contributed by atoms with Gasteiger partial charge in [-0.1, -0.05) is 25.5 Å². The lowest BCUT2D eigenvalue weighted by Crippen LogP contribution is -2.23. The van der Waals surface area contributed by atoms with Gasteiger partial charge in [-0.3, -0.25) is 10.1 Å². The number of hydrogen-bond acceptors (Lipinski definition) is 4. The van der Waals surface area contributed by atoms with Gasteiger partial charge in [-0.25, -0.2) is 0 Å². The first-order valence-corrected chi connectivity index (χ1v) is 6.86. The topological polar surface area (TPSA) is 81.2 Å². The second-order valence-electron chi connectivity index (χ2n) is 4.64. The molecule has 0 amide bonds. The molecule has 1 atom stereocenters. The molecule has 19 heavy (non-hydrogen) atoms. The number of rotatable bonds is 9. The highest BCUT2D eigenvalue weighted by Gasteiger charge is 2.13. The van der Waals surface area contributed by atoms with Crippen molar-refractivity contribution in [2.75, 3.05) is 13.1 Å². The van der Waals surface area contributed by atoms with Crippen LogP contribution in [0.15, 0.2) is 24.3 Å². The minimum atomic E-state index is -0.346. The van der Waals surface area contributed by atoms with Crippen LogP contribution in [-0.4, -0.2) is 18.0 Å². The van der Waals surface area contributed by atoms with Crippen LogP contribution >= 0.6 is 0 Å². The van der Waals surface area contributed by atoms with Crippen molar-refractivity contribution in [1.82, 2.24) is 5.32 Å². The molecular weight excluding hydrogens is 242 g/mol. The fraction of sp³-hybridized carbons (Fsp3) is 0.571. The number of non-ortho nitro benzene ring substituents is 1. The molecule has 0 spiro atoms. The smallest absolute Gasteiger partial charge is 0.269 e. The summed E-state index contributed by atoms with van der Waals surface area (Å²) in [5, 5.41) is 14.3. The van der Waals surface area contributed by atoms with E-state index in [1.54, 1.807) is 12.1 Å². The van der Waals surface area contributed by atoms with Crippen LogP contribution in [0.25, 0.3) is 0 Å². The van der Waals surface area contributed by atoms with Gasteiger partial charge in [0, 0.05) is 18.2 Å². The third-order valence-corrected chi connectivity index (χ3v) is 3.08. The van der Waals surface area contributed by atoms with Crippen LogP contribution in [0.4, 0.5) is 5.69 Å². The molecule has 106 valence electrons. The second-order valence-corrected chi connectivity index (χ2v) is 4.64. The molecule has 1 aromatic carbocycles. The zero-order valence-corrected chi connectivity index (χ0v) is 11.5. The molecule has 0 aliphatic carbocycles. The summed E-state index contributed by atoms with van der Waals surface area (Å²) in [5.41, 5.74) is 6.61. The molecule has 0 saturated heterocycles. The molecule has 0 saturated carbocycles. The van der Waals surface area contributed by atoms with Gasteiger partial charge < -0.3 is 11.1 Å². The summed E-state index contributed by atoms with van der Waals surface area (Å²) < 4.78 is 0. The first-order chi connectivity index (χ1) is 9.19. The summed E-state index contributed by atoms with van der Waals surface area (Å²) in [7, 11) is 0. The molecule has 1 unspecified atom stereocenters. The molecule has 0 aliphatic heterocycles. The summed E-state index contributed by atoms with van der Waals surface area (Å²) in [6.45, 7) is 3.72. The number of nitrogens with one attached hydrogen (secondary N) is 1. The van der Waals surface area contributed by atoms with Crippen molar-refractivity contribution in [2.45, 2.75) is 38.6 Å². The lowest BCUT2D eigenvalue weighted by molar-refractivity contribution is -0.384. The quantitative estimate of drug-likeness (QED) is 0.408. The number of hydrogen-bond donors (Lipinski definition) is 2. The van der Waals surface area contributed by atoms with Gasteiger partial charge in [0.1, 0.15) is 0 Å². The minimum absolute atomic E-state index is 0.155. The molecule has 1 aromatic rings. The van der Waals surface area contributed by atoms with Crippen LogP contribution in [0.5, 0.6) is 0 Å². The van der Waals surface area contributed by atoms with Crippen LogP contribution < -0.4 is 11.1 Å². The van der Waals surface area contributed by atoms with Crippen LogP contribution in [0.3, 0.4) is 0 Å². The summed E-state index contributed by atoms with van der Waals surface area (Å²) in [5.74, 6) is 0. The Morgan fingerprint density at radius 3 is 2.84 bits per heavy atom. The van der Waals surface area contributed by atoms with Gasteiger partial charge in [0.05, 0.1) is 4.92 Å². The highest BCUT2D eigenvalue weighted by atomic mass is 16.6. The first-order valence-electron chi connectivity index (χ1n) is 6.86. The molecule has 5 heteroatoms. The maximum Gasteiger partial charge on any atom is 0.269 e. The van der Waals surface area contributed by atoms with Crippen LogP contribution in [0.1, 0.15) is 44.2 Å². The van der Waals surface area contributed by atoms with E-state index in [0.717, 1.165) is 37.8 Å². The number of nitrogens with two attached hydrogens (primary N) is 1. The Labute approximate surface area is 114 Å². The standard InChI is InChI=1S/C14H23N3O2/c1-2-6-14(16-10-4-3-9-15)12-7-5-8-13(11-12)17(18)19/h5,7-8,11,14,16H,2-4,6,9-10,15H2,1H3. The van der Waals surface area contributed by atoms with Gasteiger partial charge in [-0.05, 0) is 37.9 Å². The number of nitro groups is 1. The molecule has 0 bridgehead atoms. The largest absolute Gasteiger partial charge is 0.330 e. The van der Waals surface area contributed by atoms with Crippen molar-refractivity contribution in [3.8, 4) is 0 Å². The highest BCUT2D eigenvalue weighted by Crippen LogP contribution is 2.22. The molecule has 1 rings (SSSR count). The van der Waals surface area contributed by atoms with Gasteiger partial charge in [0.15, 0.2) is 0 Å². The Morgan fingerprint density at radius 2 is 2.21 bits per heavy atom. The average Bonchev–Trinajstić information content (AvgIpc) is 2.42. The first kappa shape index (κ1) is 15.6. The van der Waals surface area contributed by atoms with E-state index in [1.807, 2.05) is 6.07 Å². The highest BCUT2D eigenvalue weighted by molar-refractivity contribution is 5.35. The average molecular weight is 265 g/mol. The SMILES string of the molecule is CCCC(NCCCCN)c1cccc([N+](=O)[O-])c1. The predicted octanol–water partition coefficient (Wildman–Crippen LogP) is 2.76. The van der Waals surface area contributed by atoms with Crippen molar-refractivity contribution in [3.05, 3.63) is 39.9 Å². The monoisotopic (exact) mass is 265 g/mol. The zero-order valence-electron chi connectivity index (χ0n) is 11.5. The fourth-order valence-electron chi connectivity index (χ4n) is 2.08. The maximum atomic E-state index is 10.8. The Hall–Kier alpha value is -1.46.